The molecule has 0 spiro atoms. The molecule has 0 radical (unpaired) electrons. The van der Waals surface area contributed by atoms with Crippen LogP contribution in [0.5, 0.6) is 0 Å². The molecule has 0 aromatic heterocycles. The van der Waals surface area contributed by atoms with Crippen molar-refractivity contribution in [3.05, 3.63) is 0 Å². The van der Waals surface area contributed by atoms with Crippen LogP contribution in [0.4, 0.5) is 0 Å². The highest BCUT2D eigenvalue weighted by molar-refractivity contribution is 5.85. The predicted octanol–water partition coefficient (Wildman–Crippen LogP) is 3.75. The Kier molecular flexibility index (Phi) is 8.45. The van der Waals surface area contributed by atoms with Crippen LogP contribution in [-0.2, 0) is 4.79 Å². The van der Waals surface area contributed by atoms with Crippen molar-refractivity contribution in [3.8, 4) is 6.07 Å². The normalized spacial score (nSPS) is 11.1. The number of nitrogens with zero attached hydrogens (tertiary/aromatic N) is 2. The first kappa shape index (κ1) is 17.0. The number of nitriles is 1. The molecular formula is C15H28N2O. The summed E-state index contributed by atoms with van der Waals surface area (Å²) >= 11 is 0. The van der Waals surface area contributed by atoms with E-state index < -0.39 is 5.41 Å². The number of amides is 1. The van der Waals surface area contributed by atoms with Gasteiger partial charge in [-0.3, -0.25) is 4.79 Å². The van der Waals surface area contributed by atoms with Crippen LogP contribution < -0.4 is 0 Å². The average molecular weight is 252 g/mol. The summed E-state index contributed by atoms with van der Waals surface area (Å²) in [5.41, 5.74) is -0.784. The molecule has 0 fully saturated rings. The largest absolute Gasteiger partial charge is 0.341 e. The molecule has 1 amide bonds. The SMILES string of the molecule is CCCN(CCC)C(=O)C(C#N)(CCC)CCC. The molecule has 18 heavy (non-hydrogen) atoms. The highest BCUT2D eigenvalue weighted by atomic mass is 16.2. The van der Waals surface area contributed by atoms with Crippen LogP contribution in [0, 0.1) is 16.7 Å². The number of hydrogen-bond donors (Lipinski definition) is 0. The molecule has 0 saturated heterocycles. The highest BCUT2D eigenvalue weighted by Gasteiger charge is 2.39. The molecule has 0 saturated carbocycles. The monoisotopic (exact) mass is 252 g/mol. The van der Waals surface area contributed by atoms with Crippen molar-refractivity contribution >= 4 is 5.91 Å². The lowest BCUT2D eigenvalue weighted by molar-refractivity contribution is -0.140. The Morgan fingerprint density at radius 2 is 1.44 bits per heavy atom. The van der Waals surface area contributed by atoms with Gasteiger partial charge in [0.15, 0.2) is 0 Å². The molecule has 0 bridgehead atoms. The van der Waals surface area contributed by atoms with Gasteiger partial charge in [0.05, 0.1) is 6.07 Å². The molecule has 0 heterocycles. The number of carbonyl (C=O) groups excluding carboxylic acids is 1. The summed E-state index contributed by atoms with van der Waals surface area (Å²) in [7, 11) is 0. The fraction of sp³-hybridized carbons (Fsp3) is 0.867. The summed E-state index contributed by atoms with van der Waals surface area (Å²) in [5.74, 6) is 0.0531. The standard InChI is InChI=1S/C15H28N2O/c1-5-9-15(13-16,10-6-2)14(18)17(11-7-3)12-8-4/h5-12H2,1-4H3. The zero-order valence-electron chi connectivity index (χ0n) is 12.5. The van der Waals surface area contributed by atoms with E-state index in [1.807, 2.05) is 18.7 Å². The van der Waals surface area contributed by atoms with Crippen molar-refractivity contribution in [3.63, 3.8) is 0 Å². The van der Waals surface area contributed by atoms with Gasteiger partial charge in [-0.15, -0.1) is 0 Å². The zero-order chi connectivity index (χ0) is 14.0. The lowest BCUT2D eigenvalue weighted by atomic mass is 9.79. The molecular weight excluding hydrogens is 224 g/mol. The predicted molar refractivity (Wildman–Crippen MR) is 75.0 cm³/mol. The van der Waals surface area contributed by atoms with E-state index in [9.17, 15) is 10.1 Å². The van der Waals surface area contributed by atoms with Crippen molar-refractivity contribution in [2.45, 2.75) is 66.2 Å². The van der Waals surface area contributed by atoms with Crippen molar-refractivity contribution in [1.29, 1.82) is 5.26 Å². The molecule has 0 aliphatic heterocycles. The third-order valence-electron chi connectivity index (χ3n) is 3.25. The van der Waals surface area contributed by atoms with E-state index >= 15 is 0 Å². The fourth-order valence-electron chi connectivity index (χ4n) is 2.51. The van der Waals surface area contributed by atoms with E-state index in [4.69, 9.17) is 0 Å². The summed E-state index contributed by atoms with van der Waals surface area (Å²) in [6, 6.07) is 2.32. The number of carbonyl (C=O) groups is 1. The highest BCUT2D eigenvalue weighted by Crippen LogP contribution is 2.31. The second-order valence-electron chi connectivity index (χ2n) is 4.99. The summed E-state index contributed by atoms with van der Waals surface area (Å²) in [4.78, 5) is 14.5. The van der Waals surface area contributed by atoms with E-state index in [1.165, 1.54) is 0 Å². The van der Waals surface area contributed by atoms with Gasteiger partial charge in [0, 0.05) is 13.1 Å². The quantitative estimate of drug-likeness (QED) is 0.627. The molecule has 3 heteroatoms. The van der Waals surface area contributed by atoms with Crippen LogP contribution >= 0.6 is 0 Å². The lowest BCUT2D eigenvalue weighted by Crippen LogP contribution is -2.44. The maximum Gasteiger partial charge on any atom is 0.243 e. The molecule has 3 nitrogen and oxygen atoms in total. The third-order valence-corrected chi connectivity index (χ3v) is 3.25. The van der Waals surface area contributed by atoms with E-state index in [1.54, 1.807) is 0 Å². The van der Waals surface area contributed by atoms with Crippen molar-refractivity contribution < 1.29 is 4.79 Å². The summed E-state index contributed by atoms with van der Waals surface area (Å²) in [5, 5.41) is 9.50. The minimum Gasteiger partial charge on any atom is -0.341 e. The van der Waals surface area contributed by atoms with E-state index in [0.29, 0.717) is 12.8 Å². The molecule has 0 aromatic rings. The van der Waals surface area contributed by atoms with Gasteiger partial charge in [-0.25, -0.2) is 0 Å². The van der Waals surface area contributed by atoms with Crippen LogP contribution in [0.2, 0.25) is 0 Å². The molecule has 0 atom stereocenters. The third kappa shape index (κ3) is 4.33. The summed E-state index contributed by atoms with van der Waals surface area (Å²) < 4.78 is 0. The fourth-order valence-corrected chi connectivity index (χ4v) is 2.51. The Morgan fingerprint density at radius 1 is 1.00 bits per heavy atom. The van der Waals surface area contributed by atoms with Gasteiger partial charge in [-0.1, -0.05) is 40.5 Å². The first-order chi connectivity index (χ1) is 8.61. The Bertz CT molecular complexity index is 269. The number of rotatable bonds is 9. The van der Waals surface area contributed by atoms with Crippen LogP contribution in [-0.4, -0.2) is 23.9 Å². The van der Waals surface area contributed by atoms with E-state index in [2.05, 4.69) is 19.9 Å². The second kappa shape index (κ2) is 8.97. The molecule has 0 N–H and O–H groups in total. The van der Waals surface area contributed by atoms with Gasteiger partial charge in [0.25, 0.3) is 0 Å². The van der Waals surface area contributed by atoms with Gasteiger partial charge in [-0.2, -0.15) is 5.26 Å². The van der Waals surface area contributed by atoms with Crippen LogP contribution in [0.3, 0.4) is 0 Å². The zero-order valence-corrected chi connectivity index (χ0v) is 12.5. The van der Waals surface area contributed by atoms with Gasteiger partial charge < -0.3 is 4.90 Å². The van der Waals surface area contributed by atoms with Gasteiger partial charge in [0.2, 0.25) is 5.91 Å². The summed E-state index contributed by atoms with van der Waals surface area (Å²) in [6.45, 7) is 9.76. The molecule has 0 unspecified atom stereocenters. The first-order valence-corrected chi connectivity index (χ1v) is 7.32. The van der Waals surface area contributed by atoms with Gasteiger partial charge >= 0.3 is 0 Å². The smallest absolute Gasteiger partial charge is 0.243 e. The maximum absolute atomic E-state index is 12.7. The first-order valence-electron chi connectivity index (χ1n) is 7.32. The van der Waals surface area contributed by atoms with E-state index in [0.717, 1.165) is 38.8 Å². The molecule has 0 aromatic carbocycles. The number of hydrogen-bond acceptors (Lipinski definition) is 2. The summed E-state index contributed by atoms with van der Waals surface area (Å²) in [6.07, 6.45) is 5.02. The lowest BCUT2D eigenvalue weighted by Gasteiger charge is -2.32. The van der Waals surface area contributed by atoms with Crippen molar-refractivity contribution in [1.82, 2.24) is 4.90 Å². The van der Waals surface area contributed by atoms with Crippen molar-refractivity contribution in [2.75, 3.05) is 13.1 Å². The molecule has 0 aliphatic rings. The molecule has 104 valence electrons. The van der Waals surface area contributed by atoms with Crippen LogP contribution in [0.25, 0.3) is 0 Å². The minimum atomic E-state index is -0.784. The average Bonchev–Trinajstić information content (AvgIpc) is 2.37. The molecule has 0 rings (SSSR count). The van der Waals surface area contributed by atoms with E-state index in [-0.39, 0.29) is 5.91 Å². The van der Waals surface area contributed by atoms with Crippen LogP contribution in [0.1, 0.15) is 66.2 Å². The van der Waals surface area contributed by atoms with Crippen molar-refractivity contribution in [2.24, 2.45) is 5.41 Å². The Hall–Kier alpha value is -1.04. The minimum absolute atomic E-state index is 0.0531. The van der Waals surface area contributed by atoms with Gasteiger partial charge in [-0.05, 0) is 25.7 Å². The van der Waals surface area contributed by atoms with Gasteiger partial charge in [0.1, 0.15) is 5.41 Å². The topological polar surface area (TPSA) is 44.1 Å². The Morgan fingerprint density at radius 3 is 1.72 bits per heavy atom. The molecule has 0 aliphatic carbocycles. The Balaban J connectivity index is 5.06. The van der Waals surface area contributed by atoms with Crippen LogP contribution in [0.15, 0.2) is 0 Å². The Labute approximate surface area is 112 Å². The maximum atomic E-state index is 12.7. The second-order valence-corrected chi connectivity index (χ2v) is 4.99.